The van der Waals surface area contributed by atoms with Gasteiger partial charge in [0.1, 0.15) is 18.4 Å². The fraction of sp³-hybridized carbons (Fsp3) is 0.360. The van der Waals surface area contributed by atoms with Crippen molar-refractivity contribution in [2.45, 2.75) is 52.2 Å². The lowest BCUT2D eigenvalue weighted by molar-refractivity contribution is -0.131. The Morgan fingerprint density at radius 2 is 1.41 bits per heavy atom. The van der Waals surface area contributed by atoms with E-state index in [9.17, 15) is 19.2 Å². The highest BCUT2D eigenvalue weighted by Crippen LogP contribution is 2.17. The van der Waals surface area contributed by atoms with Crippen LogP contribution in [0.5, 0.6) is 0 Å². The maximum Gasteiger partial charge on any atom is 0.251 e. The van der Waals surface area contributed by atoms with Crippen LogP contribution >= 0.6 is 0 Å². The minimum atomic E-state index is -0.890. The summed E-state index contributed by atoms with van der Waals surface area (Å²) in [5.74, 6) is -1.34. The van der Waals surface area contributed by atoms with E-state index < -0.39 is 35.4 Å². The van der Waals surface area contributed by atoms with Gasteiger partial charge in [-0.05, 0) is 30.0 Å². The smallest absolute Gasteiger partial charge is 0.251 e. The van der Waals surface area contributed by atoms with Gasteiger partial charge in [0.2, 0.25) is 11.8 Å². The molecule has 0 spiro atoms. The third-order valence-corrected chi connectivity index (χ3v) is 5.06. The van der Waals surface area contributed by atoms with Crippen LogP contribution in [0.1, 0.15) is 43.6 Å². The molecule has 32 heavy (non-hydrogen) atoms. The van der Waals surface area contributed by atoms with Crippen LogP contribution in [0.25, 0.3) is 0 Å². The number of hydrogen-bond donors (Lipinski definition) is 3. The Hall–Kier alpha value is -3.48. The lowest BCUT2D eigenvalue weighted by Gasteiger charge is -2.28. The second kappa shape index (κ2) is 11.2. The maximum absolute atomic E-state index is 13.0. The fourth-order valence-electron chi connectivity index (χ4n) is 3.00. The van der Waals surface area contributed by atoms with E-state index >= 15 is 0 Å². The molecule has 0 aliphatic carbocycles. The van der Waals surface area contributed by atoms with Crippen LogP contribution in [0.3, 0.4) is 0 Å². The van der Waals surface area contributed by atoms with Gasteiger partial charge < -0.3 is 20.7 Å². The van der Waals surface area contributed by atoms with Crippen molar-refractivity contribution in [3.8, 4) is 0 Å². The molecule has 0 radical (unpaired) electrons. The second-order valence-corrected chi connectivity index (χ2v) is 8.80. The van der Waals surface area contributed by atoms with E-state index in [1.54, 1.807) is 30.3 Å². The second-order valence-electron chi connectivity index (χ2n) is 8.80. The number of carbonyl (C=O) groups excluding carboxylic acids is 4. The average molecular weight is 438 g/mol. The molecule has 0 heterocycles. The Bertz CT molecular complexity index is 923. The normalized spacial score (nSPS) is 13.9. The van der Waals surface area contributed by atoms with Crippen LogP contribution in [0, 0.1) is 5.41 Å². The molecule has 0 fully saturated rings. The topological polar surface area (TPSA) is 104 Å². The number of hydrogen-bond acceptors (Lipinski definition) is 4. The predicted octanol–water partition coefficient (Wildman–Crippen LogP) is 2.26. The van der Waals surface area contributed by atoms with Gasteiger partial charge in [-0.25, -0.2) is 0 Å². The molecular weight excluding hydrogens is 406 g/mol. The molecule has 0 saturated heterocycles. The van der Waals surface area contributed by atoms with Crippen LogP contribution < -0.4 is 16.0 Å². The number of amides is 3. The van der Waals surface area contributed by atoms with Gasteiger partial charge in [0.25, 0.3) is 5.91 Å². The first-order valence-corrected chi connectivity index (χ1v) is 10.6. The van der Waals surface area contributed by atoms with Gasteiger partial charge in [0, 0.05) is 12.0 Å². The predicted molar refractivity (Wildman–Crippen MR) is 123 cm³/mol. The highest BCUT2D eigenvalue weighted by atomic mass is 16.2. The van der Waals surface area contributed by atoms with Crippen LogP contribution in [0.4, 0.5) is 0 Å². The zero-order chi connectivity index (χ0) is 23.7. The van der Waals surface area contributed by atoms with Crippen LogP contribution in [0.2, 0.25) is 0 Å². The van der Waals surface area contributed by atoms with Gasteiger partial charge in [0.05, 0.1) is 6.04 Å². The molecule has 3 N–H and O–H groups in total. The molecule has 2 rings (SSSR count). The summed E-state index contributed by atoms with van der Waals surface area (Å²) >= 11 is 0. The van der Waals surface area contributed by atoms with E-state index in [0.717, 1.165) is 5.56 Å². The summed E-state index contributed by atoms with van der Waals surface area (Å²) in [4.78, 5) is 49.6. The Kier molecular flexibility index (Phi) is 8.70. The third kappa shape index (κ3) is 7.34. The average Bonchev–Trinajstić information content (AvgIpc) is 2.77. The molecule has 0 aromatic heterocycles. The lowest BCUT2D eigenvalue weighted by Crippen LogP contribution is -2.56. The van der Waals surface area contributed by atoms with E-state index in [2.05, 4.69) is 16.0 Å². The van der Waals surface area contributed by atoms with E-state index in [1.165, 1.54) is 6.92 Å². The van der Waals surface area contributed by atoms with Crippen molar-refractivity contribution in [1.82, 2.24) is 16.0 Å². The monoisotopic (exact) mass is 437 g/mol. The lowest BCUT2D eigenvalue weighted by atomic mass is 9.87. The van der Waals surface area contributed by atoms with Crippen LogP contribution in [-0.2, 0) is 20.8 Å². The Balaban J connectivity index is 2.11. The zero-order valence-electron chi connectivity index (χ0n) is 18.9. The van der Waals surface area contributed by atoms with Crippen LogP contribution in [0.15, 0.2) is 60.7 Å². The molecule has 2 aromatic carbocycles. The van der Waals surface area contributed by atoms with Crippen molar-refractivity contribution in [1.29, 1.82) is 0 Å². The molecule has 0 aliphatic heterocycles. The Morgan fingerprint density at radius 3 is 1.94 bits per heavy atom. The van der Waals surface area contributed by atoms with Gasteiger partial charge in [0.15, 0.2) is 0 Å². The summed E-state index contributed by atoms with van der Waals surface area (Å²) in [5, 5.41) is 8.08. The van der Waals surface area contributed by atoms with Gasteiger partial charge in [-0.15, -0.1) is 0 Å². The highest BCUT2D eigenvalue weighted by Gasteiger charge is 2.29. The number of benzene rings is 2. The molecule has 2 aromatic rings. The van der Waals surface area contributed by atoms with Gasteiger partial charge >= 0.3 is 0 Å². The first-order valence-electron chi connectivity index (χ1n) is 10.6. The minimum Gasteiger partial charge on any atom is -0.344 e. The van der Waals surface area contributed by atoms with E-state index in [0.29, 0.717) is 11.8 Å². The number of aldehydes is 1. The summed E-state index contributed by atoms with van der Waals surface area (Å²) in [6.07, 6.45) is 0.948. The van der Waals surface area contributed by atoms with Crippen molar-refractivity contribution in [2.75, 3.05) is 0 Å². The molecular formula is C25H31N3O4. The van der Waals surface area contributed by atoms with Crippen molar-refractivity contribution >= 4 is 24.0 Å². The number of carbonyl (C=O) groups is 4. The van der Waals surface area contributed by atoms with Gasteiger partial charge in [-0.3, -0.25) is 14.4 Å². The van der Waals surface area contributed by atoms with Gasteiger partial charge in [-0.1, -0.05) is 69.3 Å². The Morgan fingerprint density at radius 1 is 0.844 bits per heavy atom. The molecule has 7 nitrogen and oxygen atoms in total. The van der Waals surface area contributed by atoms with Crippen LogP contribution in [-0.4, -0.2) is 42.1 Å². The summed E-state index contributed by atoms with van der Waals surface area (Å²) < 4.78 is 0. The molecule has 0 saturated carbocycles. The van der Waals surface area contributed by atoms with Crippen molar-refractivity contribution < 1.29 is 19.2 Å². The summed E-state index contributed by atoms with van der Waals surface area (Å²) in [7, 11) is 0. The molecule has 170 valence electrons. The summed E-state index contributed by atoms with van der Waals surface area (Å²) in [6, 6.07) is 15.4. The first kappa shape index (κ1) is 24.8. The molecule has 3 amide bonds. The Labute approximate surface area is 189 Å². The number of rotatable bonds is 9. The SMILES string of the molecule is C[C@H](NC(=O)[C@H](Cc1ccccc1)NC(=O)c1ccccc1)C(=O)N[C@H](C=O)C(C)(C)C. The minimum absolute atomic E-state index is 0.262. The molecule has 3 atom stereocenters. The summed E-state index contributed by atoms with van der Waals surface area (Å²) in [5.41, 5.74) is 0.843. The molecule has 0 aliphatic rings. The standard InChI is InChI=1S/C25H31N3O4/c1-17(22(30)28-21(16-29)25(2,3)4)26-24(32)20(15-18-11-7-5-8-12-18)27-23(31)19-13-9-6-10-14-19/h5-14,16-17,20-21H,15H2,1-4H3,(H,26,32)(H,27,31)(H,28,30)/t17-,20-,21+/m0/s1. The van der Waals surface area contributed by atoms with Crippen molar-refractivity contribution in [3.05, 3.63) is 71.8 Å². The maximum atomic E-state index is 13.0. The molecule has 0 bridgehead atoms. The molecule has 7 heteroatoms. The quantitative estimate of drug-likeness (QED) is 0.524. The number of nitrogens with one attached hydrogen (secondary N) is 3. The highest BCUT2D eigenvalue weighted by molar-refractivity contribution is 5.98. The van der Waals surface area contributed by atoms with E-state index in [4.69, 9.17) is 0 Å². The van der Waals surface area contributed by atoms with Crippen molar-refractivity contribution in [2.24, 2.45) is 5.41 Å². The third-order valence-electron chi connectivity index (χ3n) is 5.06. The zero-order valence-corrected chi connectivity index (χ0v) is 18.9. The van der Waals surface area contributed by atoms with E-state index in [1.807, 2.05) is 51.1 Å². The van der Waals surface area contributed by atoms with Crippen molar-refractivity contribution in [3.63, 3.8) is 0 Å². The fourth-order valence-corrected chi connectivity index (χ4v) is 3.00. The summed E-state index contributed by atoms with van der Waals surface area (Å²) in [6.45, 7) is 7.05. The largest absolute Gasteiger partial charge is 0.344 e. The molecule has 0 unspecified atom stereocenters. The van der Waals surface area contributed by atoms with E-state index in [-0.39, 0.29) is 12.3 Å². The van der Waals surface area contributed by atoms with Gasteiger partial charge in [-0.2, -0.15) is 0 Å². The first-order chi connectivity index (χ1) is 15.1.